The predicted molar refractivity (Wildman–Crippen MR) is 64.5 cm³/mol. The number of alkyl halides is 2. The van der Waals surface area contributed by atoms with Crippen LogP contribution in [0.1, 0.15) is 51.0 Å². The van der Waals surface area contributed by atoms with Crippen LogP contribution in [0.3, 0.4) is 0 Å². The molecule has 0 aliphatic rings. The first-order valence-corrected chi connectivity index (χ1v) is 6.01. The van der Waals surface area contributed by atoms with E-state index in [0.29, 0.717) is 5.69 Å². The minimum absolute atomic E-state index is 0.0605. The Balaban J connectivity index is 2.83. The number of carbonyl (C=O) groups is 1. The van der Waals surface area contributed by atoms with Crippen molar-refractivity contribution in [2.24, 2.45) is 0 Å². The maximum absolute atomic E-state index is 12.5. The molecule has 0 aliphatic carbocycles. The number of aryl methyl sites for hydroxylation is 1. The normalized spacial score (nSPS) is 14.6. The Morgan fingerprint density at radius 1 is 1.50 bits per heavy atom. The van der Waals surface area contributed by atoms with Crippen molar-refractivity contribution >= 4 is 5.91 Å². The summed E-state index contributed by atoms with van der Waals surface area (Å²) in [6, 6.07) is 0.773. The van der Waals surface area contributed by atoms with Crippen LogP contribution in [-0.4, -0.2) is 21.7 Å². The molecule has 0 aliphatic heterocycles. The average Bonchev–Trinajstić information content (AvgIpc) is 2.70. The molecule has 102 valence electrons. The molecule has 1 heterocycles. The molecule has 1 aromatic heterocycles. The lowest BCUT2D eigenvalue weighted by molar-refractivity contribution is -0.124. The van der Waals surface area contributed by atoms with E-state index in [1.54, 1.807) is 13.8 Å². The summed E-state index contributed by atoms with van der Waals surface area (Å²) in [5, 5.41) is 6.58. The van der Waals surface area contributed by atoms with Gasteiger partial charge in [-0.05, 0) is 33.3 Å². The van der Waals surface area contributed by atoms with Crippen LogP contribution in [0.5, 0.6) is 0 Å². The van der Waals surface area contributed by atoms with Gasteiger partial charge in [0.15, 0.2) is 0 Å². The predicted octanol–water partition coefficient (Wildman–Crippen LogP) is 2.60. The van der Waals surface area contributed by atoms with Gasteiger partial charge in [0.2, 0.25) is 5.91 Å². The molecule has 4 nitrogen and oxygen atoms in total. The number of carbonyl (C=O) groups excluding carboxylic acids is 1. The highest BCUT2D eigenvalue weighted by Crippen LogP contribution is 2.20. The van der Waals surface area contributed by atoms with Crippen molar-refractivity contribution in [2.75, 3.05) is 0 Å². The van der Waals surface area contributed by atoms with Gasteiger partial charge in [-0.15, -0.1) is 0 Å². The van der Waals surface area contributed by atoms with E-state index in [-0.39, 0.29) is 17.6 Å². The fourth-order valence-corrected chi connectivity index (χ4v) is 1.59. The topological polar surface area (TPSA) is 46.9 Å². The summed E-state index contributed by atoms with van der Waals surface area (Å²) in [5.41, 5.74) is 0.257. The summed E-state index contributed by atoms with van der Waals surface area (Å²) >= 11 is 0. The van der Waals surface area contributed by atoms with Crippen molar-refractivity contribution in [1.29, 1.82) is 0 Å². The molecule has 1 N–H and O–H groups in total. The summed E-state index contributed by atoms with van der Waals surface area (Å²) in [5.74, 6) is -0.212. The Morgan fingerprint density at radius 2 is 2.11 bits per heavy atom. The molecule has 0 bridgehead atoms. The van der Waals surface area contributed by atoms with Crippen LogP contribution >= 0.6 is 0 Å². The largest absolute Gasteiger partial charge is 0.352 e. The van der Waals surface area contributed by atoms with Gasteiger partial charge in [0.05, 0.1) is 0 Å². The third-order valence-electron chi connectivity index (χ3n) is 2.91. The first-order valence-electron chi connectivity index (χ1n) is 6.01. The van der Waals surface area contributed by atoms with Crippen molar-refractivity contribution < 1.29 is 13.6 Å². The van der Waals surface area contributed by atoms with E-state index in [2.05, 4.69) is 10.4 Å². The molecular formula is C12H19F2N3O. The van der Waals surface area contributed by atoms with Gasteiger partial charge in [-0.3, -0.25) is 9.48 Å². The summed E-state index contributed by atoms with van der Waals surface area (Å²) in [4.78, 5) is 11.9. The Labute approximate surface area is 105 Å². The van der Waals surface area contributed by atoms with Gasteiger partial charge in [-0.25, -0.2) is 8.78 Å². The van der Waals surface area contributed by atoms with E-state index in [1.165, 1.54) is 10.7 Å². The van der Waals surface area contributed by atoms with E-state index in [9.17, 15) is 13.6 Å². The van der Waals surface area contributed by atoms with Crippen molar-refractivity contribution in [3.8, 4) is 0 Å². The Kier molecular flexibility index (Phi) is 4.81. The molecule has 1 aromatic rings. The summed E-state index contributed by atoms with van der Waals surface area (Å²) in [6.07, 6.45) is -1.80. The SMILES string of the molecule is CCC(C)NC(=O)C(C)n1nc(C(F)F)cc1C. The standard InChI is InChI=1S/C12H19F2N3O/c1-5-7(2)15-12(18)9(4)17-8(3)6-10(16-17)11(13)14/h6-7,9,11H,5H2,1-4H3,(H,15,18). The number of nitrogens with one attached hydrogen (secondary N) is 1. The van der Waals surface area contributed by atoms with Gasteiger partial charge < -0.3 is 5.32 Å². The van der Waals surface area contributed by atoms with E-state index in [4.69, 9.17) is 0 Å². The molecule has 18 heavy (non-hydrogen) atoms. The zero-order valence-electron chi connectivity index (χ0n) is 11.1. The lowest BCUT2D eigenvalue weighted by Crippen LogP contribution is -2.37. The second-order valence-electron chi connectivity index (χ2n) is 4.45. The quantitative estimate of drug-likeness (QED) is 0.883. The van der Waals surface area contributed by atoms with Gasteiger partial charge in [0.1, 0.15) is 11.7 Å². The van der Waals surface area contributed by atoms with E-state index >= 15 is 0 Å². The maximum atomic E-state index is 12.5. The number of aromatic nitrogens is 2. The summed E-state index contributed by atoms with van der Waals surface area (Å²) in [7, 11) is 0. The van der Waals surface area contributed by atoms with Crippen LogP contribution in [0.4, 0.5) is 8.78 Å². The van der Waals surface area contributed by atoms with Crippen LogP contribution in [-0.2, 0) is 4.79 Å². The van der Waals surface area contributed by atoms with Crippen LogP contribution in [0, 0.1) is 6.92 Å². The lowest BCUT2D eigenvalue weighted by atomic mass is 10.2. The number of nitrogens with zero attached hydrogens (tertiary/aromatic N) is 2. The molecule has 6 heteroatoms. The molecule has 0 radical (unpaired) electrons. The molecule has 0 aromatic carbocycles. The second-order valence-corrected chi connectivity index (χ2v) is 4.45. The van der Waals surface area contributed by atoms with Crippen LogP contribution in [0.15, 0.2) is 6.07 Å². The van der Waals surface area contributed by atoms with Crippen LogP contribution in [0.25, 0.3) is 0 Å². The Morgan fingerprint density at radius 3 is 2.56 bits per heavy atom. The van der Waals surface area contributed by atoms with Crippen LogP contribution in [0.2, 0.25) is 0 Å². The van der Waals surface area contributed by atoms with Gasteiger partial charge in [0, 0.05) is 11.7 Å². The highest BCUT2D eigenvalue weighted by Gasteiger charge is 2.21. The molecule has 0 fully saturated rings. The molecule has 2 atom stereocenters. The highest BCUT2D eigenvalue weighted by atomic mass is 19.3. The number of hydrogen-bond acceptors (Lipinski definition) is 2. The van der Waals surface area contributed by atoms with E-state index < -0.39 is 12.5 Å². The molecule has 0 spiro atoms. The van der Waals surface area contributed by atoms with Crippen LogP contribution < -0.4 is 5.32 Å². The monoisotopic (exact) mass is 259 g/mol. The smallest absolute Gasteiger partial charge is 0.282 e. The molecule has 1 rings (SSSR count). The maximum Gasteiger partial charge on any atom is 0.282 e. The van der Waals surface area contributed by atoms with Crippen molar-refractivity contribution in [3.63, 3.8) is 0 Å². The van der Waals surface area contributed by atoms with Crippen molar-refractivity contribution in [1.82, 2.24) is 15.1 Å². The average molecular weight is 259 g/mol. The number of halogens is 2. The molecular weight excluding hydrogens is 240 g/mol. The zero-order chi connectivity index (χ0) is 13.9. The number of rotatable bonds is 5. The molecule has 0 saturated heterocycles. The first-order chi connectivity index (χ1) is 8.36. The summed E-state index contributed by atoms with van der Waals surface area (Å²) in [6.45, 7) is 7.16. The van der Waals surface area contributed by atoms with Gasteiger partial charge in [0.25, 0.3) is 6.43 Å². The summed E-state index contributed by atoms with van der Waals surface area (Å²) < 4.78 is 26.4. The Bertz CT molecular complexity index is 417. The fraction of sp³-hybridized carbons (Fsp3) is 0.667. The van der Waals surface area contributed by atoms with E-state index in [0.717, 1.165) is 6.42 Å². The van der Waals surface area contributed by atoms with Crippen molar-refractivity contribution in [3.05, 3.63) is 17.5 Å². The highest BCUT2D eigenvalue weighted by molar-refractivity contribution is 5.80. The van der Waals surface area contributed by atoms with Gasteiger partial charge in [-0.2, -0.15) is 5.10 Å². The fourth-order valence-electron chi connectivity index (χ4n) is 1.59. The Hall–Kier alpha value is -1.46. The molecule has 2 unspecified atom stereocenters. The number of hydrogen-bond donors (Lipinski definition) is 1. The second kappa shape index (κ2) is 5.93. The zero-order valence-corrected chi connectivity index (χ0v) is 11.1. The third kappa shape index (κ3) is 3.27. The molecule has 1 amide bonds. The number of amides is 1. The third-order valence-corrected chi connectivity index (χ3v) is 2.91. The first kappa shape index (κ1) is 14.6. The van der Waals surface area contributed by atoms with Gasteiger partial charge >= 0.3 is 0 Å². The lowest BCUT2D eigenvalue weighted by Gasteiger charge is -2.17. The van der Waals surface area contributed by atoms with Gasteiger partial charge in [-0.1, -0.05) is 6.92 Å². The minimum Gasteiger partial charge on any atom is -0.352 e. The molecule has 0 saturated carbocycles. The van der Waals surface area contributed by atoms with Crippen molar-refractivity contribution in [2.45, 2.75) is 52.6 Å². The minimum atomic E-state index is -2.62. The van der Waals surface area contributed by atoms with E-state index in [1.807, 2.05) is 13.8 Å².